The molecule has 1 atom stereocenters. The van der Waals surface area contributed by atoms with E-state index in [0.29, 0.717) is 12.2 Å². The average Bonchev–Trinajstić information content (AvgIpc) is 3.10. The van der Waals surface area contributed by atoms with E-state index < -0.39 is 11.7 Å². The van der Waals surface area contributed by atoms with Crippen molar-refractivity contribution in [1.29, 1.82) is 0 Å². The Hall–Kier alpha value is -1.98. The third-order valence-corrected chi connectivity index (χ3v) is 4.64. The Morgan fingerprint density at radius 2 is 1.95 bits per heavy atom. The zero-order valence-corrected chi connectivity index (χ0v) is 12.7. The van der Waals surface area contributed by atoms with Crippen LogP contribution in [-0.2, 0) is 11.3 Å². The number of carbonyl (C=O) groups excluding carboxylic acids is 2. The van der Waals surface area contributed by atoms with Gasteiger partial charge >= 0.3 is 5.91 Å². The first-order valence-electron chi connectivity index (χ1n) is 7.02. The summed E-state index contributed by atoms with van der Waals surface area (Å²) in [4.78, 5) is 28.3. The number of nitrogens with one attached hydrogen (secondary N) is 1. The molecule has 0 fully saturated rings. The summed E-state index contributed by atoms with van der Waals surface area (Å²) >= 11 is 1.72. The predicted molar refractivity (Wildman–Crippen MR) is 82.7 cm³/mol. The van der Waals surface area contributed by atoms with E-state index in [1.165, 1.54) is 9.78 Å². The molecule has 3 rings (SSSR count). The standard InChI is InChI=1S/C16H16N2O2S/c1-2-17(10-12-6-5-9-21-12)11-18-14-8-4-3-7-13(14)15(19)16(18)20/h3-9H,2,10-11H2,1H3/p+1. The maximum absolute atomic E-state index is 12.2. The first-order chi connectivity index (χ1) is 10.2. The number of anilines is 1. The number of nitrogens with zero attached hydrogens (tertiary/aromatic N) is 1. The number of para-hydroxylation sites is 1. The molecule has 1 aliphatic heterocycles. The lowest BCUT2D eigenvalue weighted by molar-refractivity contribution is -0.910. The molecule has 4 nitrogen and oxygen atoms in total. The third-order valence-electron chi connectivity index (χ3n) is 3.76. The summed E-state index contributed by atoms with van der Waals surface area (Å²) in [5.74, 6) is -0.800. The van der Waals surface area contributed by atoms with E-state index in [1.54, 1.807) is 28.4 Å². The number of hydrogen-bond donors (Lipinski definition) is 1. The quantitative estimate of drug-likeness (QED) is 0.847. The number of thiophene rings is 1. The molecule has 2 heterocycles. The molecular formula is C16H17N2O2S+. The molecule has 2 aromatic rings. The maximum atomic E-state index is 12.2. The van der Waals surface area contributed by atoms with Crippen molar-refractivity contribution >= 4 is 28.7 Å². The van der Waals surface area contributed by atoms with Crippen molar-refractivity contribution in [3.63, 3.8) is 0 Å². The number of rotatable bonds is 5. The summed E-state index contributed by atoms with van der Waals surface area (Å²) < 4.78 is 0. The van der Waals surface area contributed by atoms with Gasteiger partial charge in [0, 0.05) is 0 Å². The Labute approximate surface area is 127 Å². The number of Topliss-reactive ketones (excluding diaryl/α,β-unsaturated/α-hetero) is 1. The van der Waals surface area contributed by atoms with Gasteiger partial charge in [0.15, 0.2) is 6.67 Å². The van der Waals surface area contributed by atoms with Gasteiger partial charge in [-0.3, -0.25) is 14.5 Å². The number of hydrogen-bond acceptors (Lipinski definition) is 3. The minimum atomic E-state index is -0.409. The lowest BCUT2D eigenvalue weighted by Crippen LogP contribution is -3.12. The molecule has 0 bridgehead atoms. The van der Waals surface area contributed by atoms with Crippen molar-refractivity contribution in [2.75, 3.05) is 18.1 Å². The smallest absolute Gasteiger partial charge is 0.303 e. The van der Waals surface area contributed by atoms with Gasteiger partial charge < -0.3 is 4.90 Å². The van der Waals surface area contributed by atoms with E-state index in [1.807, 2.05) is 18.2 Å². The number of benzene rings is 1. The average molecular weight is 301 g/mol. The van der Waals surface area contributed by atoms with Gasteiger partial charge in [-0.1, -0.05) is 18.2 Å². The number of quaternary nitrogens is 1. The van der Waals surface area contributed by atoms with Gasteiger partial charge in [-0.05, 0) is 30.5 Å². The molecule has 21 heavy (non-hydrogen) atoms. The van der Waals surface area contributed by atoms with Crippen LogP contribution >= 0.6 is 11.3 Å². The van der Waals surface area contributed by atoms with Crippen molar-refractivity contribution in [2.24, 2.45) is 0 Å². The molecule has 0 spiro atoms. The number of amides is 1. The van der Waals surface area contributed by atoms with Crippen molar-refractivity contribution < 1.29 is 14.5 Å². The normalized spacial score (nSPS) is 15.4. The Balaban J connectivity index is 1.80. The van der Waals surface area contributed by atoms with Gasteiger partial charge in [0.05, 0.1) is 22.7 Å². The summed E-state index contributed by atoms with van der Waals surface area (Å²) in [5, 5.41) is 2.06. The minimum absolute atomic E-state index is 0.392. The summed E-state index contributed by atoms with van der Waals surface area (Å²) in [5.41, 5.74) is 1.26. The van der Waals surface area contributed by atoms with Crippen LogP contribution in [0.1, 0.15) is 22.2 Å². The number of ketones is 1. The first-order valence-corrected chi connectivity index (χ1v) is 7.90. The fraction of sp³-hybridized carbons (Fsp3) is 0.250. The van der Waals surface area contributed by atoms with Gasteiger partial charge in [-0.2, -0.15) is 0 Å². The lowest BCUT2D eigenvalue weighted by Gasteiger charge is -2.23. The highest BCUT2D eigenvalue weighted by Crippen LogP contribution is 2.27. The number of fused-ring (bicyclic) bond motifs is 1. The minimum Gasteiger partial charge on any atom is -0.313 e. The molecule has 1 aliphatic rings. The lowest BCUT2D eigenvalue weighted by atomic mass is 10.1. The zero-order chi connectivity index (χ0) is 14.8. The highest BCUT2D eigenvalue weighted by atomic mass is 32.1. The Morgan fingerprint density at radius 3 is 2.67 bits per heavy atom. The van der Waals surface area contributed by atoms with Crippen molar-refractivity contribution in [3.05, 3.63) is 52.2 Å². The van der Waals surface area contributed by atoms with Crippen LogP contribution < -0.4 is 9.80 Å². The van der Waals surface area contributed by atoms with Crippen LogP contribution in [0.25, 0.3) is 0 Å². The van der Waals surface area contributed by atoms with Crippen LogP contribution in [0.15, 0.2) is 41.8 Å². The first kappa shape index (κ1) is 14.0. The van der Waals surface area contributed by atoms with Gasteiger partial charge in [0.2, 0.25) is 0 Å². The van der Waals surface area contributed by atoms with Crippen LogP contribution in [0.3, 0.4) is 0 Å². The Morgan fingerprint density at radius 1 is 1.14 bits per heavy atom. The fourth-order valence-electron chi connectivity index (χ4n) is 2.58. The van der Waals surface area contributed by atoms with Crippen LogP contribution in [0, 0.1) is 0 Å². The van der Waals surface area contributed by atoms with Gasteiger partial charge in [0.1, 0.15) is 6.54 Å². The van der Waals surface area contributed by atoms with E-state index in [2.05, 4.69) is 18.4 Å². The second-order valence-electron chi connectivity index (χ2n) is 5.10. The molecule has 0 aliphatic carbocycles. The molecule has 0 radical (unpaired) electrons. The van der Waals surface area contributed by atoms with E-state index in [9.17, 15) is 9.59 Å². The predicted octanol–water partition coefficient (Wildman–Crippen LogP) is 1.34. The van der Waals surface area contributed by atoms with E-state index >= 15 is 0 Å². The van der Waals surface area contributed by atoms with E-state index in [0.717, 1.165) is 18.8 Å². The molecule has 1 aromatic heterocycles. The SMILES string of the molecule is CC[NH+](Cc1cccs1)CN1C(=O)C(=O)c2ccccc21. The fourth-order valence-corrected chi connectivity index (χ4v) is 3.36. The summed E-state index contributed by atoms with van der Waals surface area (Å²) in [6.45, 7) is 4.39. The largest absolute Gasteiger partial charge is 0.313 e. The molecule has 1 amide bonds. The van der Waals surface area contributed by atoms with Gasteiger partial charge in [-0.15, -0.1) is 11.3 Å². The topological polar surface area (TPSA) is 41.8 Å². The van der Waals surface area contributed by atoms with Crippen molar-refractivity contribution in [2.45, 2.75) is 13.5 Å². The third kappa shape index (κ3) is 2.62. The van der Waals surface area contributed by atoms with Crippen LogP contribution in [-0.4, -0.2) is 24.9 Å². The van der Waals surface area contributed by atoms with E-state index in [-0.39, 0.29) is 0 Å². The zero-order valence-electron chi connectivity index (χ0n) is 11.8. The van der Waals surface area contributed by atoms with Crippen LogP contribution in [0.4, 0.5) is 5.69 Å². The molecule has 1 N–H and O–H groups in total. The number of carbonyl (C=O) groups is 2. The molecule has 1 unspecified atom stereocenters. The molecule has 0 saturated carbocycles. The maximum Gasteiger partial charge on any atom is 0.303 e. The van der Waals surface area contributed by atoms with Crippen molar-refractivity contribution in [1.82, 2.24) is 0 Å². The van der Waals surface area contributed by atoms with Crippen LogP contribution in [0.5, 0.6) is 0 Å². The van der Waals surface area contributed by atoms with Gasteiger partial charge in [-0.25, -0.2) is 0 Å². The molecule has 108 valence electrons. The Kier molecular flexibility index (Phi) is 3.86. The second-order valence-corrected chi connectivity index (χ2v) is 6.13. The highest BCUT2D eigenvalue weighted by Gasteiger charge is 2.37. The molecule has 0 saturated heterocycles. The molecule has 5 heteroatoms. The van der Waals surface area contributed by atoms with E-state index in [4.69, 9.17) is 0 Å². The van der Waals surface area contributed by atoms with Crippen molar-refractivity contribution in [3.8, 4) is 0 Å². The summed E-state index contributed by atoms with van der Waals surface area (Å²) in [7, 11) is 0. The van der Waals surface area contributed by atoms with Crippen LogP contribution in [0.2, 0.25) is 0 Å². The highest BCUT2D eigenvalue weighted by molar-refractivity contribution is 7.09. The molecular weight excluding hydrogens is 284 g/mol. The molecule has 1 aromatic carbocycles. The Bertz CT molecular complexity index is 667. The monoisotopic (exact) mass is 301 g/mol. The van der Waals surface area contributed by atoms with Gasteiger partial charge in [0.25, 0.3) is 5.78 Å². The summed E-state index contributed by atoms with van der Waals surface area (Å²) in [6, 6.07) is 11.4. The second kappa shape index (κ2) is 5.79. The summed E-state index contributed by atoms with van der Waals surface area (Å²) in [6.07, 6.45) is 0.